The largest absolute Gasteiger partial charge is 0.383 e. The Hall–Kier alpha value is -1.53. The molecule has 0 aromatic heterocycles. The molecule has 0 aliphatic carbocycles. The lowest BCUT2D eigenvalue weighted by molar-refractivity contribution is -0.117. The summed E-state index contributed by atoms with van der Waals surface area (Å²) in [4.78, 5) is 24.0. The molecule has 0 radical (unpaired) electrons. The quantitative estimate of drug-likeness (QED) is 0.621. The molecule has 1 aromatic carbocycles. The summed E-state index contributed by atoms with van der Waals surface area (Å²) in [7, 11) is 1.55. The molecule has 0 saturated carbocycles. The number of imide groups is 1. The first-order valence-electron chi connectivity index (χ1n) is 6.29. The maximum Gasteiger partial charge on any atom is 0.321 e. The Bertz CT molecular complexity index is 477. The van der Waals surface area contributed by atoms with Crippen LogP contribution < -0.4 is 10.6 Å². The molecule has 1 aromatic rings. The smallest absolute Gasteiger partial charge is 0.321 e. The summed E-state index contributed by atoms with van der Waals surface area (Å²) >= 11 is 1.42. The van der Waals surface area contributed by atoms with E-state index in [1.807, 2.05) is 32.0 Å². The van der Waals surface area contributed by atoms with E-state index in [1.54, 1.807) is 7.11 Å². The first-order valence-corrected chi connectivity index (χ1v) is 7.28. The molecule has 20 heavy (non-hydrogen) atoms. The topological polar surface area (TPSA) is 67.4 Å². The number of hydrogen-bond acceptors (Lipinski definition) is 4. The average molecular weight is 296 g/mol. The third-order valence-corrected chi connectivity index (χ3v) is 3.70. The first kappa shape index (κ1) is 16.5. The molecule has 0 atom stereocenters. The number of ether oxygens (including phenoxy) is 1. The van der Waals surface area contributed by atoms with Gasteiger partial charge in [0.05, 0.1) is 12.4 Å². The summed E-state index contributed by atoms with van der Waals surface area (Å²) < 4.78 is 4.80. The summed E-state index contributed by atoms with van der Waals surface area (Å²) in [5.74, 6) is -0.104. The fraction of sp³-hybridized carbons (Fsp3) is 0.429. The maximum atomic E-state index is 11.6. The van der Waals surface area contributed by atoms with Gasteiger partial charge in [0, 0.05) is 18.6 Å². The molecule has 110 valence electrons. The van der Waals surface area contributed by atoms with E-state index < -0.39 is 6.03 Å². The van der Waals surface area contributed by atoms with Crippen molar-refractivity contribution >= 4 is 23.7 Å². The lowest BCUT2D eigenvalue weighted by atomic mass is 10.2. The lowest BCUT2D eigenvalue weighted by Crippen LogP contribution is -2.41. The molecule has 0 spiro atoms. The van der Waals surface area contributed by atoms with Gasteiger partial charge >= 0.3 is 6.03 Å². The standard InChI is InChI=1S/C14H20N2O3S/c1-10-4-5-11(2)12(8-10)20-9-13(17)16-14(18)15-6-7-19-3/h4-5,8H,6-7,9H2,1-3H3,(H2,15,16,17,18). The van der Waals surface area contributed by atoms with Gasteiger partial charge in [-0.1, -0.05) is 17.7 Å². The van der Waals surface area contributed by atoms with Crippen LogP contribution in [0.3, 0.4) is 0 Å². The van der Waals surface area contributed by atoms with Gasteiger partial charge in [0.2, 0.25) is 5.91 Å². The van der Waals surface area contributed by atoms with Gasteiger partial charge in [-0.25, -0.2) is 4.79 Å². The van der Waals surface area contributed by atoms with Crippen molar-refractivity contribution in [1.82, 2.24) is 10.6 Å². The third kappa shape index (κ3) is 6.08. The fourth-order valence-corrected chi connectivity index (χ4v) is 2.40. The Labute approximate surface area is 123 Å². The zero-order valence-electron chi connectivity index (χ0n) is 12.0. The van der Waals surface area contributed by atoms with Crippen molar-refractivity contribution in [2.75, 3.05) is 26.0 Å². The number of carbonyl (C=O) groups is 2. The minimum Gasteiger partial charge on any atom is -0.383 e. The van der Waals surface area contributed by atoms with Gasteiger partial charge < -0.3 is 10.1 Å². The van der Waals surface area contributed by atoms with E-state index >= 15 is 0 Å². The minimum atomic E-state index is -0.492. The van der Waals surface area contributed by atoms with E-state index in [0.717, 1.165) is 16.0 Å². The van der Waals surface area contributed by atoms with E-state index in [1.165, 1.54) is 11.8 Å². The highest BCUT2D eigenvalue weighted by molar-refractivity contribution is 8.00. The monoisotopic (exact) mass is 296 g/mol. The Morgan fingerprint density at radius 1 is 1.30 bits per heavy atom. The number of thioether (sulfide) groups is 1. The molecule has 0 fully saturated rings. The molecular formula is C14H20N2O3S. The molecule has 0 aliphatic heterocycles. The SMILES string of the molecule is COCCNC(=O)NC(=O)CSc1cc(C)ccc1C. The Morgan fingerprint density at radius 3 is 2.75 bits per heavy atom. The molecule has 0 aliphatic rings. The summed E-state index contributed by atoms with van der Waals surface area (Å²) in [6, 6.07) is 5.59. The van der Waals surface area contributed by atoms with Gasteiger partial charge in [0.1, 0.15) is 0 Å². The molecule has 1 rings (SSSR count). The van der Waals surface area contributed by atoms with Crippen molar-refractivity contribution in [1.29, 1.82) is 0 Å². The molecule has 6 heteroatoms. The minimum absolute atomic E-state index is 0.210. The van der Waals surface area contributed by atoms with Crippen molar-refractivity contribution in [2.24, 2.45) is 0 Å². The number of aryl methyl sites for hydroxylation is 2. The number of benzene rings is 1. The molecule has 0 unspecified atom stereocenters. The number of carbonyl (C=O) groups excluding carboxylic acids is 2. The molecule has 5 nitrogen and oxygen atoms in total. The van der Waals surface area contributed by atoms with Crippen LogP contribution in [0.4, 0.5) is 4.79 Å². The van der Waals surface area contributed by atoms with Crippen LogP contribution >= 0.6 is 11.8 Å². The molecule has 3 amide bonds. The second-order valence-electron chi connectivity index (χ2n) is 4.35. The molecule has 0 heterocycles. The Kier molecular flexibility index (Phi) is 7.11. The molecular weight excluding hydrogens is 276 g/mol. The zero-order valence-corrected chi connectivity index (χ0v) is 12.8. The van der Waals surface area contributed by atoms with E-state index in [4.69, 9.17) is 4.74 Å². The number of rotatable bonds is 6. The first-order chi connectivity index (χ1) is 9.52. The second-order valence-corrected chi connectivity index (χ2v) is 5.37. The molecule has 0 bridgehead atoms. The van der Waals surface area contributed by atoms with Crippen LogP contribution in [0, 0.1) is 13.8 Å². The van der Waals surface area contributed by atoms with Gasteiger partial charge in [0.15, 0.2) is 0 Å². The van der Waals surface area contributed by atoms with Crippen molar-refractivity contribution in [3.8, 4) is 0 Å². The second kappa shape index (κ2) is 8.60. The number of urea groups is 1. The maximum absolute atomic E-state index is 11.6. The van der Waals surface area contributed by atoms with Gasteiger partial charge in [-0.05, 0) is 25.5 Å². The summed E-state index contributed by atoms with van der Waals surface area (Å²) in [6.07, 6.45) is 0. The van der Waals surface area contributed by atoms with Crippen LogP contribution in [0.2, 0.25) is 0 Å². The summed E-state index contributed by atoms with van der Waals surface area (Å²) in [6.45, 7) is 4.79. The highest BCUT2D eigenvalue weighted by Gasteiger charge is 2.08. The van der Waals surface area contributed by atoms with Gasteiger partial charge in [-0.15, -0.1) is 11.8 Å². The molecule has 0 saturated heterocycles. The predicted octanol–water partition coefficient (Wildman–Crippen LogP) is 1.87. The van der Waals surface area contributed by atoms with Crippen LogP contribution in [-0.2, 0) is 9.53 Å². The number of hydrogen-bond donors (Lipinski definition) is 2. The Morgan fingerprint density at radius 2 is 2.05 bits per heavy atom. The normalized spacial score (nSPS) is 10.2. The summed E-state index contributed by atoms with van der Waals surface area (Å²) in [5, 5.41) is 4.81. The lowest BCUT2D eigenvalue weighted by Gasteiger charge is -2.08. The van der Waals surface area contributed by atoms with Crippen LogP contribution in [0.1, 0.15) is 11.1 Å². The third-order valence-electron chi connectivity index (χ3n) is 2.55. The van der Waals surface area contributed by atoms with Crippen molar-refractivity contribution in [3.05, 3.63) is 29.3 Å². The fourth-order valence-electron chi connectivity index (χ4n) is 1.48. The number of methoxy groups -OCH3 is 1. The highest BCUT2D eigenvalue weighted by Crippen LogP contribution is 2.23. The number of amides is 3. The van der Waals surface area contributed by atoms with E-state index in [2.05, 4.69) is 10.6 Å². The van der Waals surface area contributed by atoms with Crippen LogP contribution in [0.25, 0.3) is 0 Å². The van der Waals surface area contributed by atoms with Crippen LogP contribution in [-0.4, -0.2) is 38.0 Å². The van der Waals surface area contributed by atoms with Crippen molar-refractivity contribution in [3.63, 3.8) is 0 Å². The van der Waals surface area contributed by atoms with E-state index in [0.29, 0.717) is 13.2 Å². The van der Waals surface area contributed by atoms with Crippen molar-refractivity contribution < 1.29 is 14.3 Å². The highest BCUT2D eigenvalue weighted by atomic mass is 32.2. The average Bonchev–Trinajstić information content (AvgIpc) is 2.40. The zero-order chi connectivity index (χ0) is 15.0. The predicted molar refractivity (Wildman–Crippen MR) is 80.1 cm³/mol. The van der Waals surface area contributed by atoms with Gasteiger partial charge in [0.25, 0.3) is 0 Å². The Balaban J connectivity index is 2.36. The van der Waals surface area contributed by atoms with Gasteiger partial charge in [-0.2, -0.15) is 0 Å². The molecule has 2 N–H and O–H groups in total. The van der Waals surface area contributed by atoms with E-state index in [9.17, 15) is 9.59 Å². The van der Waals surface area contributed by atoms with E-state index in [-0.39, 0.29) is 11.7 Å². The van der Waals surface area contributed by atoms with Crippen molar-refractivity contribution in [2.45, 2.75) is 18.7 Å². The van der Waals surface area contributed by atoms with Crippen LogP contribution in [0.15, 0.2) is 23.1 Å². The summed E-state index contributed by atoms with van der Waals surface area (Å²) in [5.41, 5.74) is 2.27. The number of nitrogens with one attached hydrogen (secondary N) is 2. The van der Waals surface area contributed by atoms with Gasteiger partial charge in [-0.3, -0.25) is 10.1 Å². The van der Waals surface area contributed by atoms with Crippen LogP contribution in [0.5, 0.6) is 0 Å².